The number of hydrogen-bond acceptors (Lipinski definition) is 5. The lowest BCUT2D eigenvalue weighted by Crippen LogP contribution is -2.63. The second kappa shape index (κ2) is 7.94. The van der Waals surface area contributed by atoms with Crippen LogP contribution in [0.5, 0.6) is 0 Å². The van der Waals surface area contributed by atoms with Gasteiger partial charge in [0, 0.05) is 5.70 Å². The molecule has 2 unspecified atom stereocenters. The number of ether oxygens (including phenoxy) is 1. The second-order valence-electron chi connectivity index (χ2n) is 9.89. The minimum absolute atomic E-state index is 0.180. The molecular formula is C28H25N5O2. The van der Waals surface area contributed by atoms with E-state index in [2.05, 4.69) is 17.5 Å². The lowest BCUT2D eigenvalue weighted by atomic mass is 9.67. The molecule has 1 amide bonds. The van der Waals surface area contributed by atoms with Crippen LogP contribution in [-0.4, -0.2) is 23.6 Å². The molecule has 0 saturated carbocycles. The molecule has 2 heterocycles. The van der Waals surface area contributed by atoms with E-state index in [9.17, 15) is 15.3 Å². The van der Waals surface area contributed by atoms with Gasteiger partial charge in [0.1, 0.15) is 17.6 Å². The maximum absolute atomic E-state index is 14.5. The van der Waals surface area contributed by atoms with Crippen LogP contribution in [0.1, 0.15) is 31.4 Å². The lowest BCUT2D eigenvalue weighted by Gasteiger charge is -2.45. The predicted octanol–water partition coefficient (Wildman–Crippen LogP) is 4.72. The van der Waals surface area contributed by atoms with Gasteiger partial charge in [0.05, 0.1) is 34.2 Å². The fourth-order valence-corrected chi connectivity index (χ4v) is 5.15. The topological polar surface area (TPSA) is 102 Å². The summed E-state index contributed by atoms with van der Waals surface area (Å²) >= 11 is 0. The van der Waals surface area contributed by atoms with E-state index >= 15 is 0 Å². The number of amides is 1. The minimum atomic E-state index is -1.17. The van der Waals surface area contributed by atoms with Gasteiger partial charge in [-0.15, -0.1) is 0 Å². The molecule has 2 aromatic carbocycles. The van der Waals surface area contributed by atoms with Gasteiger partial charge in [-0.25, -0.2) is 9.89 Å². The Morgan fingerprint density at radius 2 is 1.66 bits per heavy atom. The molecule has 35 heavy (non-hydrogen) atoms. The van der Waals surface area contributed by atoms with Crippen LogP contribution in [0.4, 0.5) is 11.4 Å². The van der Waals surface area contributed by atoms with Gasteiger partial charge in [-0.2, -0.15) is 10.5 Å². The van der Waals surface area contributed by atoms with Crippen LogP contribution in [0.2, 0.25) is 0 Å². The van der Waals surface area contributed by atoms with E-state index in [-0.39, 0.29) is 17.1 Å². The molecule has 1 aliphatic carbocycles. The molecule has 2 saturated heterocycles. The van der Waals surface area contributed by atoms with Gasteiger partial charge in [-0.1, -0.05) is 35.4 Å². The van der Waals surface area contributed by atoms with Gasteiger partial charge in [0.2, 0.25) is 11.9 Å². The van der Waals surface area contributed by atoms with Crippen molar-refractivity contribution in [2.75, 3.05) is 4.90 Å². The van der Waals surface area contributed by atoms with Gasteiger partial charge >= 0.3 is 0 Å². The van der Waals surface area contributed by atoms with Crippen LogP contribution in [0, 0.1) is 41.9 Å². The van der Waals surface area contributed by atoms with Gasteiger partial charge in [0.25, 0.3) is 0 Å². The van der Waals surface area contributed by atoms with Crippen molar-refractivity contribution in [2.45, 2.75) is 45.8 Å². The first-order chi connectivity index (χ1) is 16.7. The maximum Gasteiger partial charge on any atom is 0.249 e. The SMILES string of the molecule is Cc1ccc(N=C2NC3=CC(C#N)=C(C#N)C4OC(C)(C)CC34C(=O)N2c2ccc(C)cc2)cc1. The summed E-state index contributed by atoms with van der Waals surface area (Å²) < 4.78 is 6.29. The Labute approximate surface area is 204 Å². The molecule has 1 N–H and O–H groups in total. The highest BCUT2D eigenvalue weighted by Crippen LogP contribution is 2.56. The first-order valence-electron chi connectivity index (χ1n) is 11.5. The molecule has 1 spiro atoms. The summed E-state index contributed by atoms with van der Waals surface area (Å²) in [5, 5.41) is 23.1. The average Bonchev–Trinajstić information content (AvgIpc) is 3.12. The lowest BCUT2D eigenvalue weighted by molar-refractivity contribution is -0.128. The van der Waals surface area contributed by atoms with Gasteiger partial charge in [-0.05, 0) is 64.5 Å². The molecule has 7 nitrogen and oxygen atoms in total. The van der Waals surface area contributed by atoms with Crippen molar-refractivity contribution in [1.29, 1.82) is 10.5 Å². The fourth-order valence-electron chi connectivity index (χ4n) is 5.15. The molecule has 2 fully saturated rings. The highest BCUT2D eigenvalue weighted by Gasteiger charge is 2.65. The number of carbonyl (C=O) groups excluding carboxylic acids is 1. The molecule has 0 aromatic heterocycles. The molecule has 5 rings (SSSR count). The van der Waals surface area contributed by atoms with Crippen LogP contribution < -0.4 is 10.2 Å². The molecule has 7 heteroatoms. The first-order valence-corrected chi connectivity index (χ1v) is 11.5. The van der Waals surface area contributed by atoms with Crippen molar-refractivity contribution >= 4 is 23.2 Å². The van der Waals surface area contributed by atoms with Crippen molar-refractivity contribution in [3.05, 3.63) is 82.6 Å². The Bertz CT molecular complexity index is 1400. The average molecular weight is 464 g/mol. The molecular weight excluding hydrogens is 438 g/mol. The van der Waals surface area contributed by atoms with E-state index < -0.39 is 17.1 Å². The summed E-state index contributed by atoms with van der Waals surface area (Å²) in [5.41, 5.74) is 2.56. The number of anilines is 1. The first kappa shape index (κ1) is 22.6. The molecule has 3 aliphatic rings. The van der Waals surface area contributed by atoms with Crippen molar-refractivity contribution in [3.63, 3.8) is 0 Å². The summed E-state index contributed by atoms with van der Waals surface area (Å²) in [4.78, 5) is 20.9. The summed E-state index contributed by atoms with van der Waals surface area (Å²) in [7, 11) is 0. The number of rotatable bonds is 2. The van der Waals surface area contributed by atoms with Gasteiger partial charge < -0.3 is 10.1 Å². The highest BCUT2D eigenvalue weighted by atomic mass is 16.5. The summed E-state index contributed by atoms with van der Waals surface area (Å²) in [6.45, 7) is 7.79. The zero-order valence-electron chi connectivity index (χ0n) is 20.1. The van der Waals surface area contributed by atoms with E-state index in [1.165, 1.54) is 0 Å². The van der Waals surface area contributed by atoms with E-state index in [1.807, 2.05) is 76.2 Å². The maximum atomic E-state index is 14.5. The van der Waals surface area contributed by atoms with E-state index in [4.69, 9.17) is 9.73 Å². The zero-order valence-corrected chi connectivity index (χ0v) is 20.1. The monoisotopic (exact) mass is 463 g/mol. The van der Waals surface area contributed by atoms with E-state index in [0.29, 0.717) is 29.5 Å². The van der Waals surface area contributed by atoms with Crippen LogP contribution in [0.15, 0.2) is 76.4 Å². The largest absolute Gasteiger partial charge is 0.365 e. The molecule has 174 valence electrons. The number of allylic oxidation sites excluding steroid dienone is 2. The van der Waals surface area contributed by atoms with Gasteiger partial charge in [-0.3, -0.25) is 4.79 Å². The third-order valence-corrected chi connectivity index (χ3v) is 6.76. The Hall–Kier alpha value is -4.20. The standard InChI is InChI=1S/C28H25N5O2/c1-17-5-9-20(10-6-17)31-26-32-23-13-19(14-29)22(15-30)24-28(23,16-27(3,4)35-24)25(34)33(26)21-11-7-18(2)8-12-21/h5-13,24H,16H2,1-4H3,(H,31,32). The minimum Gasteiger partial charge on any atom is -0.365 e. The smallest absolute Gasteiger partial charge is 0.249 e. The third-order valence-electron chi connectivity index (χ3n) is 6.76. The van der Waals surface area contributed by atoms with Crippen molar-refractivity contribution in [3.8, 4) is 12.1 Å². The van der Waals surface area contributed by atoms with Crippen LogP contribution in [0.25, 0.3) is 0 Å². The third kappa shape index (κ3) is 3.53. The van der Waals surface area contributed by atoms with Crippen LogP contribution in [-0.2, 0) is 9.53 Å². The predicted molar refractivity (Wildman–Crippen MR) is 132 cm³/mol. The molecule has 2 aromatic rings. The number of nitriles is 2. The van der Waals surface area contributed by atoms with Gasteiger partial charge in [0.15, 0.2) is 0 Å². The number of benzene rings is 2. The summed E-state index contributed by atoms with van der Waals surface area (Å²) in [6, 6.07) is 19.6. The number of hydrogen-bond donors (Lipinski definition) is 1. The Balaban J connectivity index is 1.74. The number of carbonyl (C=O) groups is 1. The van der Waals surface area contributed by atoms with E-state index in [1.54, 1.807) is 11.0 Å². The number of aliphatic imine (C=N–C) groups is 1. The van der Waals surface area contributed by atoms with Crippen molar-refractivity contribution < 1.29 is 9.53 Å². The van der Waals surface area contributed by atoms with Crippen molar-refractivity contribution in [1.82, 2.24) is 5.32 Å². The number of nitrogens with zero attached hydrogens (tertiary/aromatic N) is 4. The Morgan fingerprint density at radius 1 is 1.03 bits per heavy atom. The summed E-state index contributed by atoms with van der Waals surface area (Å²) in [5.74, 6) is 0.0956. The number of aryl methyl sites for hydroxylation is 2. The summed E-state index contributed by atoms with van der Waals surface area (Å²) in [6.07, 6.45) is 1.09. The molecule has 0 radical (unpaired) electrons. The number of nitrogens with one attached hydrogen (secondary N) is 1. The van der Waals surface area contributed by atoms with E-state index in [0.717, 1.165) is 11.1 Å². The van der Waals surface area contributed by atoms with Crippen LogP contribution >= 0.6 is 0 Å². The molecule has 2 atom stereocenters. The Kier molecular flexibility index (Phi) is 5.12. The van der Waals surface area contributed by atoms with Crippen molar-refractivity contribution in [2.24, 2.45) is 10.4 Å². The Morgan fingerprint density at radius 3 is 2.26 bits per heavy atom. The quantitative estimate of drug-likeness (QED) is 0.694. The van der Waals surface area contributed by atoms with Crippen LogP contribution in [0.3, 0.4) is 0 Å². The molecule has 0 bridgehead atoms. The fraction of sp³-hybridized carbons (Fsp3) is 0.286. The normalized spacial score (nSPS) is 25.8. The molecule has 2 aliphatic heterocycles. The second-order valence-corrected chi connectivity index (χ2v) is 9.89. The highest BCUT2D eigenvalue weighted by molar-refractivity contribution is 6.22. The number of guanidine groups is 1. The zero-order chi connectivity index (χ0) is 25.0.